The molecule has 0 aromatic heterocycles. The Bertz CT molecular complexity index is 1490. The first-order chi connectivity index (χ1) is 19.0. The molecule has 4 aromatic rings. The summed E-state index contributed by atoms with van der Waals surface area (Å²) in [5.41, 5.74) is 1.62. The summed E-state index contributed by atoms with van der Waals surface area (Å²) in [6.45, 7) is 2.58. The van der Waals surface area contributed by atoms with Gasteiger partial charge in [0, 0.05) is 30.5 Å². The molecular weight excluding hydrogens is 515 g/mol. The van der Waals surface area contributed by atoms with Crippen LogP contribution in [0.2, 0.25) is 0 Å². The van der Waals surface area contributed by atoms with Crippen molar-refractivity contribution < 1.29 is 22.3 Å². The summed E-state index contributed by atoms with van der Waals surface area (Å²) in [5.74, 6) is 0.531. The van der Waals surface area contributed by atoms with Gasteiger partial charge in [0.15, 0.2) is 0 Å². The molecule has 1 heterocycles. The van der Waals surface area contributed by atoms with Gasteiger partial charge in [-0.3, -0.25) is 0 Å². The lowest BCUT2D eigenvalue weighted by molar-refractivity contribution is 0.105. The minimum absolute atomic E-state index is 0.0438. The second-order valence-corrected chi connectivity index (χ2v) is 11.5. The molecule has 0 saturated carbocycles. The molecule has 204 valence electrons. The number of halogens is 1. The number of ether oxygens (including phenoxy) is 2. The van der Waals surface area contributed by atoms with Gasteiger partial charge in [0.05, 0.1) is 24.7 Å². The highest BCUT2D eigenvalue weighted by atomic mass is 32.2. The van der Waals surface area contributed by atoms with Crippen LogP contribution in [0.3, 0.4) is 0 Å². The normalized spacial score (nSPS) is 17.8. The summed E-state index contributed by atoms with van der Waals surface area (Å²) in [6, 6.07) is 27.2. The molecule has 39 heavy (non-hydrogen) atoms. The largest absolute Gasteiger partial charge is 0.494 e. The van der Waals surface area contributed by atoms with Crippen molar-refractivity contribution >= 4 is 20.8 Å². The predicted molar refractivity (Wildman–Crippen MR) is 151 cm³/mol. The molecule has 6 nitrogen and oxygen atoms in total. The van der Waals surface area contributed by atoms with Crippen LogP contribution in [0.15, 0.2) is 95.9 Å². The smallest absolute Gasteiger partial charge is 0.240 e. The molecule has 1 aliphatic heterocycles. The monoisotopic (exact) mass is 548 g/mol. The molecule has 5 rings (SSSR count). The van der Waals surface area contributed by atoms with Gasteiger partial charge in [0.1, 0.15) is 11.6 Å². The maximum atomic E-state index is 13.6. The third-order valence-corrected chi connectivity index (χ3v) is 8.53. The Kier molecular flexibility index (Phi) is 8.88. The lowest BCUT2D eigenvalue weighted by atomic mass is 9.86. The molecule has 1 saturated heterocycles. The third kappa shape index (κ3) is 7.02. The molecule has 0 aliphatic carbocycles. The van der Waals surface area contributed by atoms with E-state index in [0.29, 0.717) is 31.7 Å². The van der Waals surface area contributed by atoms with Crippen LogP contribution in [0, 0.1) is 5.82 Å². The second kappa shape index (κ2) is 12.7. The Morgan fingerprint density at radius 3 is 2.49 bits per heavy atom. The molecule has 2 N–H and O–H groups in total. The second-order valence-electron chi connectivity index (χ2n) is 9.75. The molecule has 4 aromatic carbocycles. The van der Waals surface area contributed by atoms with Crippen molar-refractivity contribution in [2.24, 2.45) is 0 Å². The molecule has 0 amide bonds. The maximum Gasteiger partial charge on any atom is 0.240 e. The molecule has 0 bridgehead atoms. The van der Waals surface area contributed by atoms with E-state index in [-0.39, 0.29) is 29.3 Å². The minimum atomic E-state index is -3.69. The van der Waals surface area contributed by atoms with Crippen LogP contribution in [-0.2, 0) is 21.4 Å². The summed E-state index contributed by atoms with van der Waals surface area (Å²) >= 11 is 0. The van der Waals surface area contributed by atoms with Crippen LogP contribution in [0.5, 0.6) is 5.75 Å². The van der Waals surface area contributed by atoms with Crippen molar-refractivity contribution in [3.8, 4) is 5.75 Å². The molecule has 2 unspecified atom stereocenters. The number of rotatable bonds is 11. The highest BCUT2D eigenvalue weighted by Gasteiger charge is 2.30. The topological polar surface area (TPSA) is 76.7 Å². The van der Waals surface area contributed by atoms with Gasteiger partial charge in [-0.1, -0.05) is 60.7 Å². The van der Waals surface area contributed by atoms with E-state index in [1.807, 2.05) is 54.6 Å². The molecule has 0 spiro atoms. The average Bonchev–Trinajstić information content (AvgIpc) is 2.96. The van der Waals surface area contributed by atoms with E-state index in [2.05, 4.69) is 10.0 Å². The quantitative estimate of drug-likeness (QED) is 0.246. The zero-order valence-electron chi connectivity index (χ0n) is 21.7. The van der Waals surface area contributed by atoms with Crippen LogP contribution in [0.4, 0.5) is 4.39 Å². The number of benzene rings is 4. The minimum Gasteiger partial charge on any atom is -0.494 e. The van der Waals surface area contributed by atoms with E-state index < -0.39 is 10.0 Å². The first-order valence-corrected chi connectivity index (χ1v) is 14.7. The van der Waals surface area contributed by atoms with Crippen LogP contribution in [0.25, 0.3) is 10.8 Å². The fourth-order valence-corrected chi connectivity index (χ4v) is 6.25. The van der Waals surface area contributed by atoms with E-state index in [0.717, 1.165) is 35.1 Å². The zero-order chi connectivity index (χ0) is 27.1. The Morgan fingerprint density at radius 1 is 0.897 bits per heavy atom. The third-order valence-electron chi connectivity index (χ3n) is 7.05. The van der Waals surface area contributed by atoms with E-state index in [4.69, 9.17) is 9.47 Å². The molecule has 2 atom stereocenters. The summed E-state index contributed by atoms with van der Waals surface area (Å²) in [7, 11) is -3.69. The van der Waals surface area contributed by atoms with Crippen LogP contribution < -0.4 is 14.8 Å². The van der Waals surface area contributed by atoms with E-state index in [1.165, 1.54) is 6.07 Å². The fourth-order valence-electron chi connectivity index (χ4n) is 4.94. The van der Waals surface area contributed by atoms with Gasteiger partial charge in [-0.2, -0.15) is 0 Å². The van der Waals surface area contributed by atoms with Crippen molar-refractivity contribution in [2.45, 2.75) is 36.3 Å². The summed E-state index contributed by atoms with van der Waals surface area (Å²) in [4.78, 5) is 0.271. The van der Waals surface area contributed by atoms with E-state index >= 15 is 0 Å². The number of nitrogens with one attached hydrogen (secondary N) is 2. The van der Waals surface area contributed by atoms with Gasteiger partial charge in [0.25, 0.3) is 0 Å². The van der Waals surface area contributed by atoms with Crippen LogP contribution >= 0.6 is 0 Å². The highest BCUT2D eigenvalue weighted by molar-refractivity contribution is 7.89. The van der Waals surface area contributed by atoms with Gasteiger partial charge >= 0.3 is 0 Å². The Morgan fingerprint density at radius 2 is 1.67 bits per heavy atom. The zero-order valence-corrected chi connectivity index (χ0v) is 22.5. The predicted octanol–water partition coefficient (Wildman–Crippen LogP) is 5.39. The number of hydrogen-bond acceptors (Lipinski definition) is 5. The fraction of sp³-hybridized carbons (Fsp3) is 0.290. The molecule has 0 radical (unpaired) electrons. The first kappa shape index (κ1) is 27.3. The number of piperidine rings is 1. The molecule has 8 heteroatoms. The van der Waals surface area contributed by atoms with Crippen LogP contribution in [0.1, 0.15) is 29.9 Å². The SMILES string of the molecule is O=S(=O)(NC1CNCCC1c1ccc(OCCCOCc2ccccc2F)cc1)c1ccc2ccccc2c1. The number of fused-ring (bicyclic) bond motifs is 1. The average molecular weight is 549 g/mol. The van der Waals surface area contributed by atoms with Gasteiger partial charge < -0.3 is 14.8 Å². The van der Waals surface area contributed by atoms with E-state index in [1.54, 1.807) is 30.3 Å². The Balaban J connectivity index is 1.14. The van der Waals surface area contributed by atoms with Crippen molar-refractivity contribution in [3.05, 3.63) is 108 Å². The summed E-state index contributed by atoms with van der Waals surface area (Å²) in [5, 5.41) is 5.22. The number of sulfonamides is 1. The summed E-state index contributed by atoms with van der Waals surface area (Å²) in [6.07, 6.45) is 1.51. The lowest BCUT2D eigenvalue weighted by Gasteiger charge is -2.33. The van der Waals surface area contributed by atoms with Crippen molar-refractivity contribution in [1.82, 2.24) is 10.0 Å². The first-order valence-electron chi connectivity index (χ1n) is 13.3. The lowest BCUT2D eigenvalue weighted by Crippen LogP contribution is -2.49. The van der Waals surface area contributed by atoms with Crippen molar-refractivity contribution in [3.63, 3.8) is 0 Å². The Labute approximate surface area is 229 Å². The van der Waals surface area contributed by atoms with Crippen molar-refractivity contribution in [1.29, 1.82) is 0 Å². The number of hydrogen-bond donors (Lipinski definition) is 2. The standard InChI is InChI=1S/C31H33FN2O4S/c32-30-9-4-3-8-26(30)22-37-18-5-19-38-27-13-10-24(11-14-27)29-16-17-33-21-31(29)34-39(35,36)28-15-12-23-6-1-2-7-25(23)20-28/h1-4,6-15,20,29,31,33-34H,5,16-19,21-22H2. The highest BCUT2D eigenvalue weighted by Crippen LogP contribution is 2.29. The van der Waals surface area contributed by atoms with E-state index in [9.17, 15) is 12.8 Å². The Hall–Kier alpha value is -3.30. The van der Waals surface area contributed by atoms with Gasteiger partial charge in [-0.25, -0.2) is 17.5 Å². The van der Waals surface area contributed by atoms with Crippen molar-refractivity contribution in [2.75, 3.05) is 26.3 Å². The maximum absolute atomic E-state index is 13.6. The van der Waals surface area contributed by atoms with Crippen LogP contribution in [-0.4, -0.2) is 40.8 Å². The molecule has 1 fully saturated rings. The van der Waals surface area contributed by atoms with Gasteiger partial charge in [0.2, 0.25) is 10.0 Å². The molecular formula is C31H33FN2O4S. The van der Waals surface area contributed by atoms with Gasteiger partial charge in [-0.05, 0) is 59.6 Å². The molecule has 1 aliphatic rings. The summed E-state index contributed by atoms with van der Waals surface area (Å²) < 4.78 is 54.6. The van der Waals surface area contributed by atoms with Gasteiger partial charge in [-0.15, -0.1) is 0 Å².